The molecular weight excluding hydrogens is 210 g/mol. The molecule has 2 aliphatic carbocycles. The molecule has 92 valence electrons. The number of nitrogens with zero attached hydrogens (tertiary/aromatic N) is 2. The van der Waals surface area contributed by atoms with E-state index in [1.165, 1.54) is 25.7 Å². The summed E-state index contributed by atoms with van der Waals surface area (Å²) < 4.78 is 0. The van der Waals surface area contributed by atoms with E-state index in [9.17, 15) is 0 Å². The van der Waals surface area contributed by atoms with Gasteiger partial charge in [-0.2, -0.15) is 0 Å². The zero-order valence-electron chi connectivity index (χ0n) is 10.7. The smallest absolute Gasteiger partial charge is 0.131 e. The molecule has 1 aromatic rings. The maximum absolute atomic E-state index is 5.90. The molecule has 3 unspecified atom stereocenters. The molecule has 2 aliphatic rings. The molecule has 3 nitrogen and oxygen atoms in total. The molecule has 1 heterocycles. The Bertz CT molecular complexity index is 427. The van der Waals surface area contributed by atoms with Crippen LogP contribution in [-0.2, 0) is 0 Å². The second-order valence-corrected chi connectivity index (χ2v) is 5.84. The van der Waals surface area contributed by atoms with E-state index >= 15 is 0 Å². The van der Waals surface area contributed by atoms with E-state index in [0.29, 0.717) is 5.92 Å². The molecule has 0 radical (unpaired) electrons. The molecule has 17 heavy (non-hydrogen) atoms. The minimum absolute atomic E-state index is 0.0316. The van der Waals surface area contributed by atoms with Gasteiger partial charge in [-0.25, -0.2) is 9.97 Å². The lowest BCUT2D eigenvalue weighted by Gasteiger charge is -2.21. The fraction of sp³-hybridized carbons (Fsp3) is 0.714. The van der Waals surface area contributed by atoms with Gasteiger partial charge < -0.3 is 5.73 Å². The van der Waals surface area contributed by atoms with Crippen LogP contribution >= 0.6 is 0 Å². The van der Waals surface area contributed by atoms with Crippen LogP contribution in [0.25, 0.3) is 0 Å². The quantitative estimate of drug-likeness (QED) is 0.851. The summed E-state index contributed by atoms with van der Waals surface area (Å²) in [5.41, 5.74) is 8.04. The van der Waals surface area contributed by atoms with Gasteiger partial charge in [-0.3, -0.25) is 0 Å². The fourth-order valence-corrected chi connectivity index (χ4v) is 3.68. The van der Waals surface area contributed by atoms with Gasteiger partial charge in [-0.1, -0.05) is 6.42 Å². The van der Waals surface area contributed by atoms with Crippen LogP contribution in [-0.4, -0.2) is 9.97 Å². The topological polar surface area (TPSA) is 51.8 Å². The summed E-state index contributed by atoms with van der Waals surface area (Å²) in [7, 11) is 0. The summed E-state index contributed by atoms with van der Waals surface area (Å²) in [5, 5.41) is 0. The van der Waals surface area contributed by atoms with Crippen LogP contribution in [0.2, 0.25) is 0 Å². The van der Waals surface area contributed by atoms with Gasteiger partial charge >= 0.3 is 0 Å². The minimum Gasteiger partial charge on any atom is -0.324 e. The Morgan fingerprint density at radius 3 is 2.71 bits per heavy atom. The third kappa shape index (κ3) is 1.86. The Balaban J connectivity index is 1.87. The third-order valence-corrected chi connectivity index (χ3v) is 4.60. The summed E-state index contributed by atoms with van der Waals surface area (Å²) in [5.74, 6) is 3.48. The summed E-state index contributed by atoms with van der Waals surface area (Å²) >= 11 is 0. The van der Waals surface area contributed by atoms with Crippen molar-refractivity contribution in [3.8, 4) is 0 Å². The highest BCUT2D eigenvalue weighted by atomic mass is 14.9. The Morgan fingerprint density at radius 2 is 2.18 bits per heavy atom. The third-order valence-electron chi connectivity index (χ3n) is 4.60. The molecule has 3 heteroatoms. The monoisotopic (exact) mass is 231 g/mol. The van der Waals surface area contributed by atoms with Crippen molar-refractivity contribution in [2.75, 3.05) is 0 Å². The van der Waals surface area contributed by atoms with Crippen LogP contribution in [0.5, 0.6) is 0 Å². The van der Waals surface area contributed by atoms with Gasteiger partial charge in [-0.05, 0) is 44.9 Å². The van der Waals surface area contributed by atoms with Gasteiger partial charge in [0.15, 0.2) is 0 Å². The van der Waals surface area contributed by atoms with Crippen molar-refractivity contribution < 1.29 is 0 Å². The average molecular weight is 231 g/mol. The Kier molecular flexibility index (Phi) is 2.66. The van der Waals surface area contributed by atoms with Crippen molar-refractivity contribution in [2.45, 2.75) is 51.5 Å². The zero-order valence-corrected chi connectivity index (χ0v) is 10.7. The molecule has 2 N–H and O–H groups in total. The van der Waals surface area contributed by atoms with Gasteiger partial charge in [0.05, 0.1) is 0 Å². The lowest BCUT2D eigenvalue weighted by atomic mass is 9.88. The van der Waals surface area contributed by atoms with Gasteiger partial charge in [0.25, 0.3) is 0 Å². The molecule has 2 fully saturated rings. The number of rotatable bonds is 2. The van der Waals surface area contributed by atoms with E-state index in [1.807, 2.05) is 13.1 Å². The van der Waals surface area contributed by atoms with E-state index in [-0.39, 0.29) is 6.04 Å². The van der Waals surface area contributed by atoms with Crippen molar-refractivity contribution >= 4 is 0 Å². The predicted molar refractivity (Wildman–Crippen MR) is 67.6 cm³/mol. The number of nitrogens with two attached hydrogens (primary N) is 1. The minimum atomic E-state index is 0.0316. The maximum Gasteiger partial charge on any atom is 0.131 e. The molecule has 2 bridgehead atoms. The van der Waals surface area contributed by atoms with E-state index in [2.05, 4.69) is 11.9 Å². The molecule has 4 atom stereocenters. The summed E-state index contributed by atoms with van der Waals surface area (Å²) in [6.45, 7) is 4.04. The standard InChI is InChI=1S/C14H21N3/c1-8(15)13-7-16-14(17-9(13)2)12-6-10-3-4-11(12)5-10/h7-8,10-12H,3-6,15H2,1-2H3/t8-,10?,11?,12?/m0/s1. The molecule has 0 amide bonds. The molecule has 0 saturated heterocycles. The first-order chi connectivity index (χ1) is 8.15. The van der Waals surface area contributed by atoms with Crippen molar-refractivity contribution in [1.82, 2.24) is 9.97 Å². The van der Waals surface area contributed by atoms with E-state index < -0.39 is 0 Å². The van der Waals surface area contributed by atoms with Crippen molar-refractivity contribution in [2.24, 2.45) is 17.6 Å². The van der Waals surface area contributed by atoms with Crippen LogP contribution in [0.3, 0.4) is 0 Å². The molecule has 0 aromatic carbocycles. The molecule has 0 spiro atoms. The van der Waals surface area contributed by atoms with Gasteiger partial charge in [0.1, 0.15) is 5.82 Å². The molecule has 3 rings (SSSR count). The van der Waals surface area contributed by atoms with E-state index in [0.717, 1.165) is 28.9 Å². The molecule has 1 aromatic heterocycles. The lowest BCUT2D eigenvalue weighted by Crippen LogP contribution is -2.15. The number of fused-ring (bicyclic) bond motifs is 2. The molecule has 2 saturated carbocycles. The highest BCUT2D eigenvalue weighted by Crippen LogP contribution is 2.52. The first-order valence-electron chi connectivity index (χ1n) is 6.74. The summed E-state index contributed by atoms with van der Waals surface area (Å²) in [4.78, 5) is 9.27. The Labute approximate surface area is 103 Å². The lowest BCUT2D eigenvalue weighted by molar-refractivity contribution is 0.404. The number of hydrogen-bond acceptors (Lipinski definition) is 3. The van der Waals surface area contributed by atoms with Crippen LogP contribution in [0, 0.1) is 18.8 Å². The van der Waals surface area contributed by atoms with Crippen LogP contribution in [0.1, 0.15) is 61.6 Å². The highest BCUT2D eigenvalue weighted by molar-refractivity contribution is 5.21. The van der Waals surface area contributed by atoms with Crippen molar-refractivity contribution in [3.05, 3.63) is 23.3 Å². The van der Waals surface area contributed by atoms with Crippen molar-refractivity contribution in [3.63, 3.8) is 0 Å². The Morgan fingerprint density at radius 1 is 1.35 bits per heavy atom. The van der Waals surface area contributed by atoms with Crippen LogP contribution in [0.15, 0.2) is 6.20 Å². The predicted octanol–water partition coefficient (Wildman–Crippen LogP) is 2.71. The zero-order chi connectivity index (χ0) is 12.0. The SMILES string of the molecule is Cc1nc(C2CC3CCC2C3)ncc1[C@H](C)N. The Hall–Kier alpha value is -0.960. The number of aryl methyl sites for hydroxylation is 1. The van der Waals surface area contributed by atoms with Crippen molar-refractivity contribution in [1.29, 1.82) is 0 Å². The maximum atomic E-state index is 5.90. The van der Waals surface area contributed by atoms with Gasteiger partial charge in [0, 0.05) is 29.4 Å². The first kappa shape index (κ1) is 11.1. The second kappa shape index (κ2) is 4.05. The van der Waals surface area contributed by atoms with Gasteiger partial charge in [0.2, 0.25) is 0 Å². The van der Waals surface area contributed by atoms with Crippen LogP contribution < -0.4 is 5.73 Å². The summed E-state index contributed by atoms with van der Waals surface area (Å²) in [6.07, 6.45) is 7.46. The first-order valence-corrected chi connectivity index (χ1v) is 6.74. The molecule has 0 aliphatic heterocycles. The number of aromatic nitrogens is 2. The van der Waals surface area contributed by atoms with Crippen LogP contribution in [0.4, 0.5) is 0 Å². The fourth-order valence-electron chi connectivity index (χ4n) is 3.68. The highest BCUT2D eigenvalue weighted by Gasteiger charge is 2.41. The normalized spacial score (nSPS) is 33.0. The van der Waals surface area contributed by atoms with E-state index in [4.69, 9.17) is 10.7 Å². The summed E-state index contributed by atoms with van der Waals surface area (Å²) in [6, 6.07) is 0.0316. The molecular formula is C14H21N3. The second-order valence-electron chi connectivity index (χ2n) is 5.84. The average Bonchev–Trinajstić information content (AvgIpc) is 2.89. The van der Waals surface area contributed by atoms with Gasteiger partial charge in [-0.15, -0.1) is 0 Å². The largest absolute Gasteiger partial charge is 0.324 e. The number of hydrogen-bond donors (Lipinski definition) is 1. The van der Waals surface area contributed by atoms with E-state index in [1.54, 1.807) is 0 Å².